The van der Waals surface area contributed by atoms with E-state index in [1.807, 2.05) is 0 Å². The topological polar surface area (TPSA) is 63.3 Å². The molecule has 2 rings (SSSR count). The number of aromatic nitrogens is 2. The second-order valence-electron chi connectivity index (χ2n) is 3.65. The molecule has 0 spiro atoms. The van der Waals surface area contributed by atoms with Gasteiger partial charge in [0.15, 0.2) is 6.33 Å². The molecule has 0 fully saturated rings. The van der Waals surface area contributed by atoms with Gasteiger partial charge >= 0.3 is 0 Å². The van der Waals surface area contributed by atoms with Gasteiger partial charge in [-0.15, -0.1) is 0 Å². The summed E-state index contributed by atoms with van der Waals surface area (Å²) in [5.41, 5.74) is 0. The molecular formula is C10H16N4O. The molecule has 0 saturated carbocycles. The first-order chi connectivity index (χ1) is 7.45. The standard InChI is InChI=1S/C10H16N4O/c1-2-4-9(11-6-3-1)12-7-5-10-13-8-14-15-10/h8H,1-7H2,(H,11,12). The molecule has 15 heavy (non-hydrogen) atoms. The van der Waals surface area contributed by atoms with Crippen LogP contribution in [0.5, 0.6) is 0 Å². The summed E-state index contributed by atoms with van der Waals surface area (Å²) >= 11 is 0. The molecule has 1 N–H and O–H groups in total. The largest absolute Gasteiger partial charge is 0.373 e. The summed E-state index contributed by atoms with van der Waals surface area (Å²) in [6.45, 7) is 1.78. The third kappa shape index (κ3) is 3.34. The smallest absolute Gasteiger partial charge is 0.228 e. The lowest BCUT2D eigenvalue weighted by Gasteiger charge is -2.05. The Kier molecular flexibility index (Phi) is 3.70. The van der Waals surface area contributed by atoms with Crippen LogP contribution in [0.2, 0.25) is 0 Å². The van der Waals surface area contributed by atoms with E-state index in [1.165, 1.54) is 25.6 Å². The summed E-state index contributed by atoms with van der Waals surface area (Å²) < 4.78 is 4.91. The van der Waals surface area contributed by atoms with Crippen molar-refractivity contribution in [3.8, 4) is 0 Å². The van der Waals surface area contributed by atoms with Crippen molar-refractivity contribution in [2.75, 3.05) is 13.1 Å². The summed E-state index contributed by atoms with van der Waals surface area (Å²) in [7, 11) is 0. The molecule has 0 saturated heterocycles. The number of nitrogens with zero attached hydrogens (tertiary/aromatic N) is 3. The van der Waals surface area contributed by atoms with Gasteiger partial charge in [-0.25, -0.2) is 0 Å². The van der Waals surface area contributed by atoms with Crippen molar-refractivity contribution in [1.82, 2.24) is 15.5 Å². The quantitative estimate of drug-likeness (QED) is 0.810. The van der Waals surface area contributed by atoms with Crippen molar-refractivity contribution in [2.24, 2.45) is 4.99 Å². The highest BCUT2D eigenvalue weighted by molar-refractivity contribution is 5.82. The molecule has 0 radical (unpaired) electrons. The van der Waals surface area contributed by atoms with Crippen molar-refractivity contribution in [3.05, 3.63) is 12.2 Å². The maximum atomic E-state index is 4.91. The van der Waals surface area contributed by atoms with Crippen molar-refractivity contribution >= 4 is 5.84 Å². The summed E-state index contributed by atoms with van der Waals surface area (Å²) in [5, 5.41) is 6.88. The number of rotatable bonds is 3. The van der Waals surface area contributed by atoms with Gasteiger partial charge in [0.05, 0.1) is 5.84 Å². The second-order valence-corrected chi connectivity index (χ2v) is 3.65. The Morgan fingerprint density at radius 3 is 3.20 bits per heavy atom. The summed E-state index contributed by atoms with van der Waals surface area (Å²) in [4.78, 5) is 8.44. The molecule has 0 aromatic carbocycles. The lowest BCUT2D eigenvalue weighted by atomic mass is 10.2. The minimum absolute atomic E-state index is 0.678. The van der Waals surface area contributed by atoms with Gasteiger partial charge in [-0.3, -0.25) is 4.99 Å². The zero-order valence-electron chi connectivity index (χ0n) is 8.78. The molecule has 1 aliphatic heterocycles. The van der Waals surface area contributed by atoms with E-state index in [2.05, 4.69) is 20.4 Å². The average Bonchev–Trinajstić information content (AvgIpc) is 2.62. The third-order valence-electron chi connectivity index (χ3n) is 2.45. The Hall–Kier alpha value is -1.39. The lowest BCUT2D eigenvalue weighted by Crippen LogP contribution is -2.25. The minimum atomic E-state index is 0.678. The van der Waals surface area contributed by atoms with Crippen molar-refractivity contribution in [2.45, 2.75) is 32.1 Å². The molecule has 1 aliphatic rings. The van der Waals surface area contributed by atoms with Gasteiger partial charge in [0.1, 0.15) is 0 Å². The fourth-order valence-electron chi connectivity index (χ4n) is 1.64. The number of nitrogens with one attached hydrogen (secondary N) is 1. The normalized spacial score (nSPS) is 16.9. The summed E-state index contributed by atoms with van der Waals surface area (Å²) in [6.07, 6.45) is 7.01. The Morgan fingerprint density at radius 1 is 1.33 bits per heavy atom. The third-order valence-corrected chi connectivity index (χ3v) is 2.45. The zero-order chi connectivity index (χ0) is 10.3. The Bertz CT molecular complexity index is 307. The molecule has 82 valence electrons. The van der Waals surface area contributed by atoms with E-state index in [0.717, 1.165) is 31.8 Å². The maximum Gasteiger partial charge on any atom is 0.228 e. The number of amidine groups is 1. The van der Waals surface area contributed by atoms with Gasteiger partial charge in [0.25, 0.3) is 0 Å². The molecule has 1 aromatic heterocycles. The van der Waals surface area contributed by atoms with Crippen molar-refractivity contribution < 1.29 is 4.52 Å². The molecular weight excluding hydrogens is 192 g/mol. The highest BCUT2D eigenvalue weighted by Crippen LogP contribution is 2.05. The van der Waals surface area contributed by atoms with E-state index in [4.69, 9.17) is 4.52 Å². The minimum Gasteiger partial charge on any atom is -0.373 e. The van der Waals surface area contributed by atoms with Gasteiger partial charge in [0, 0.05) is 25.9 Å². The molecule has 0 aliphatic carbocycles. The van der Waals surface area contributed by atoms with E-state index in [-0.39, 0.29) is 0 Å². The lowest BCUT2D eigenvalue weighted by molar-refractivity contribution is 0.377. The van der Waals surface area contributed by atoms with Crippen LogP contribution in [0.4, 0.5) is 0 Å². The van der Waals surface area contributed by atoms with Crippen molar-refractivity contribution in [1.29, 1.82) is 0 Å². The van der Waals surface area contributed by atoms with Crippen LogP contribution in [0, 0.1) is 0 Å². The number of aliphatic imine (C=N–C) groups is 1. The van der Waals surface area contributed by atoms with Gasteiger partial charge in [-0.05, 0) is 12.8 Å². The predicted molar refractivity (Wildman–Crippen MR) is 56.8 cm³/mol. The van der Waals surface area contributed by atoms with E-state index >= 15 is 0 Å². The van der Waals surface area contributed by atoms with Gasteiger partial charge in [-0.1, -0.05) is 11.6 Å². The average molecular weight is 208 g/mol. The van der Waals surface area contributed by atoms with Crippen LogP contribution in [0.15, 0.2) is 15.8 Å². The van der Waals surface area contributed by atoms with E-state index in [9.17, 15) is 0 Å². The molecule has 0 atom stereocenters. The highest BCUT2D eigenvalue weighted by atomic mass is 16.5. The van der Waals surface area contributed by atoms with E-state index < -0.39 is 0 Å². The van der Waals surface area contributed by atoms with E-state index in [0.29, 0.717) is 5.89 Å². The van der Waals surface area contributed by atoms with Crippen LogP contribution in [0.1, 0.15) is 31.6 Å². The molecule has 0 amide bonds. The van der Waals surface area contributed by atoms with Crippen LogP contribution >= 0.6 is 0 Å². The van der Waals surface area contributed by atoms with Crippen LogP contribution in [-0.2, 0) is 6.42 Å². The van der Waals surface area contributed by atoms with Crippen LogP contribution in [0.25, 0.3) is 0 Å². The first-order valence-corrected chi connectivity index (χ1v) is 5.48. The van der Waals surface area contributed by atoms with Crippen LogP contribution in [0.3, 0.4) is 0 Å². The second kappa shape index (κ2) is 5.48. The first-order valence-electron chi connectivity index (χ1n) is 5.48. The number of hydrogen-bond donors (Lipinski definition) is 1. The molecule has 0 unspecified atom stereocenters. The van der Waals surface area contributed by atoms with Crippen LogP contribution in [-0.4, -0.2) is 29.1 Å². The molecule has 5 nitrogen and oxygen atoms in total. The molecule has 0 bridgehead atoms. The van der Waals surface area contributed by atoms with Gasteiger partial charge < -0.3 is 9.84 Å². The van der Waals surface area contributed by atoms with Crippen molar-refractivity contribution in [3.63, 3.8) is 0 Å². The predicted octanol–water partition coefficient (Wildman–Crippen LogP) is 1.17. The zero-order valence-corrected chi connectivity index (χ0v) is 8.78. The Labute approximate surface area is 89.0 Å². The monoisotopic (exact) mass is 208 g/mol. The number of hydrogen-bond acceptors (Lipinski definition) is 5. The molecule has 5 heteroatoms. The Balaban J connectivity index is 1.70. The maximum absolute atomic E-state index is 4.91. The van der Waals surface area contributed by atoms with Gasteiger partial charge in [0.2, 0.25) is 5.89 Å². The van der Waals surface area contributed by atoms with Gasteiger partial charge in [-0.2, -0.15) is 4.98 Å². The molecule has 2 heterocycles. The Morgan fingerprint density at radius 2 is 2.33 bits per heavy atom. The summed E-state index contributed by atoms with van der Waals surface area (Å²) in [6, 6.07) is 0. The highest BCUT2D eigenvalue weighted by Gasteiger charge is 2.04. The van der Waals surface area contributed by atoms with Crippen LogP contribution < -0.4 is 5.32 Å². The SMILES string of the molecule is c1noc(CCNC2=NCCCCC2)n1. The fraction of sp³-hybridized carbons (Fsp3) is 0.700. The van der Waals surface area contributed by atoms with E-state index in [1.54, 1.807) is 0 Å². The fourth-order valence-corrected chi connectivity index (χ4v) is 1.64. The molecule has 1 aromatic rings. The first kappa shape index (κ1) is 10.1. The summed E-state index contributed by atoms with van der Waals surface area (Å²) in [5.74, 6) is 1.81.